The number of Topliss-reactive ketones (excluding diaryl/α,β-unsaturated/α-hetero) is 1. The van der Waals surface area contributed by atoms with Crippen LogP contribution in [0, 0.1) is 0 Å². The second-order valence-corrected chi connectivity index (χ2v) is 3.34. The monoisotopic (exact) mass is 220 g/mol. The lowest BCUT2D eigenvalue weighted by Gasteiger charge is -1.97. The molecule has 0 aliphatic heterocycles. The number of H-pyrrole nitrogens is 1. The van der Waals surface area contributed by atoms with E-state index in [2.05, 4.69) is 4.98 Å². The summed E-state index contributed by atoms with van der Waals surface area (Å²) < 4.78 is 0.571. The predicted molar refractivity (Wildman–Crippen MR) is 56.0 cm³/mol. The highest BCUT2D eigenvalue weighted by atomic mass is 16.4. The maximum atomic E-state index is 11.3. The number of aromatic nitrogens is 2. The molecule has 6 nitrogen and oxygen atoms in total. The minimum absolute atomic E-state index is 0.185. The van der Waals surface area contributed by atoms with Crippen LogP contribution in [0.3, 0.4) is 0 Å². The van der Waals surface area contributed by atoms with Crippen molar-refractivity contribution < 1.29 is 14.7 Å². The van der Waals surface area contributed by atoms with E-state index in [1.807, 2.05) is 0 Å². The van der Waals surface area contributed by atoms with E-state index in [9.17, 15) is 14.4 Å². The van der Waals surface area contributed by atoms with Gasteiger partial charge in [0.25, 0.3) is 0 Å². The first-order chi connectivity index (χ1) is 7.50. The Morgan fingerprint density at radius 3 is 2.62 bits per heavy atom. The molecule has 2 aromatic rings. The van der Waals surface area contributed by atoms with Crippen molar-refractivity contribution in [1.82, 2.24) is 9.55 Å². The molecule has 2 rings (SSSR count). The molecule has 1 aromatic heterocycles. The standard InChI is InChI=1S/C10H8N2O4/c1-5(13)6-2-3-7-8(4-6)12(10(15)16)9(14)11-7/h2-4H,1H3,(H,11,14)(H,15,16). The molecule has 16 heavy (non-hydrogen) atoms. The van der Waals surface area contributed by atoms with Crippen LogP contribution in [0.5, 0.6) is 0 Å². The minimum Gasteiger partial charge on any atom is -0.464 e. The van der Waals surface area contributed by atoms with E-state index >= 15 is 0 Å². The quantitative estimate of drug-likeness (QED) is 0.703. The zero-order chi connectivity index (χ0) is 11.9. The van der Waals surface area contributed by atoms with E-state index in [1.165, 1.54) is 25.1 Å². The smallest absolute Gasteiger partial charge is 0.420 e. The Bertz CT molecular complexity index is 650. The summed E-state index contributed by atoms with van der Waals surface area (Å²) in [6.45, 7) is 1.37. The number of carbonyl (C=O) groups is 2. The Kier molecular flexibility index (Phi) is 2.12. The molecule has 82 valence electrons. The summed E-state index contributed by atoms with van der Waals surface area (Å²) in [6, 6.07) is 4.42. The fourth-order valence-corrected chi connectivity index (χ4v) is 1.51. The van der Waals surface area contributed by atoms with Crippen LogP contribution in [0.25, 0.3) is 11.0 Å². The van der Waals surface area contributed by atoms with Gasteiger partial charge in [-0.25, -0.2) is 9.59 Å². The first-order valence-electron chi connectivity index (χ1n) is 4.49. The Morgan fingerprint density at radius 2 is 2.06 bits per heavy atom. The van der Waals surface area contributed by atoms with Crippen LogP contribution in [-0.2, 0) is 0 Å². The van der Waals surface area contributed by atoms with Crippen LogP contribution in [0.15, 0.2) is 23.0 Å². The zero-order valence-electron chi connectivity index (χ0n) is 8.35. The number of carboxylic acid groups (broad SMARTS) is 1. The zero-order valence-corrected chi connectivity index (χ0v) is 8.35. The molecule has 2 N–H and O–H groups in total. The highest BCUT2D eigenvalue weighted by Crippen LogP contribution is 2.13. The molecule has 0 atom stereocenters. The van der Waals surface area contributed by atoms with Crippen LogP contribution in [0.1, 0.15) is 17.3 Å². The number of rotatable bonds is 1. The van der Waals surface area contributed by atoms with Crippen molar-refractivity contribution in [2.45, 2.75) is 6.92 Å². The second kappa shape index (κ2) is 3.34. The fourth-order valence-electron chi connectivity index (χ4n) is 1.51. The summed E-state index contributed by atoms with van der Waals surface area (Å²) >= 11 is 0. The maximum absolute atomic E-state index is 11.3. The molecule has 0 amide bonds. The molecular weight excluding hydrogens is 212 g/mol. The molecule has 0 saturated carbocycles. The first-order valence-corrected chi connectivity index (χ1v) is 4.49. The predicted octanol–water partition coefficient (Wildman–Crippen LogP) is 1.06. The number of ketones is 1. The molecule has 0 aliphatic rings. The summed E-state index contributed by atoms with van der Waals surface area (Å²) in [4.78, 5) is 35.7. The van der Waals surface area contributed by atoms with Gasteiger partial charge in [0.1, 0.15) is 0 Å². The second-order valence-electron chi connectivity index (χ2n) is 3.34. The number of carbonyl (C=O) groups excluding carboxylic acids is 1. The molecule has 1 heterocycles. The van der Waals surface area contributed by atoms with E-state index < -0.39 is 11.8 Å². The van der Waals surface area contributed by atoms with Crippen LogP contribution in [0.2, 0.25) is 0 Å². The molecule has 0 spiro atoms. The number of hydrogen-bond donors (Lipinski definition) is 2. The number of imidazole rings is 1. The highest BCUT2D eigenvalue weighted by molar-refractivity contribution is 5.98. The molecular formula is C10H8N2O4. The number of benzene rings is 1. The van der Waals surface area contributed by atoms with Gasteiger partial charge in [0.15, 0.2) is 5.78 Å². The number of nitrogens with zero attached hydrogens (tertiary/aromatic N) is 1. The molecule has 6 heteroatoms. The number of hydrogen-bond acceptors (Lipinski definition) is 3. The average molecular weight is 220 g/mol. The average Bonchev–Trinajstić information content (AvgIpc) is 2.51. The van der Waals surface area contributed by atoms with Crippen molar-refractivity contribution in [3.63, 3.8) is 0 Å². The van der Waals surface area contributed by atoms with Crippen molar-refractivity contribution in [3.05, 3.63) is 34.2 Å². The summed E-state index contributed by atoms with van der Waals surface area (Å²) in [5, 5.41) is 8.84. The van der Waals surface area contributed by atoms with Gasteiger partial charge in [0, 0.05) is 5.56 Å². The fraction of sp³-hybridized carbons (Fsp3) is 0.100. The van der Waals surface area contributed by atoms with E-state index in [4.69, 9.17) is 5.11 Å². The topological polar surface area (TPSA) is 92.2 Å². The maximum Gasteiger partial charge on any atom is 0.420 e. The Hall–Kier alpha value is -2.37. The van der Waals surface area contributed by atoms with E-state index in [0.29, 0.717) is 15.6 Å². The Labute approximate surface area is 89.1 Å². The van der Waals surface area contributed by atoms with Gasteiger partial charge in [-0.2, -0.15) is 4.57 Å². The molecule has 0 radical (unpaired) electrons. The normalized spacial score (nSPS) is 10.6. The molecule has 0 bridgehead atoms. The van der Waals surface area contributed by atoms with Gasteiger partial charge in [-0.3, -0.25) is 4.79 Å². The van der Waals surface area contributed by atoms with E-state index in [0.717, 1.165) is 0 Å². The summed E-state index contributed by atoms with van der Waals surface area (Å²) in [5.41, 5.74) is 0.201. The van der Waals surface area contributed by atoms with Crippen molar-refractivity contribution in [3.8, 4) is 0 Å². The number of nitrogens with one attached hydrogen (secondary N) is 1. The lowest BCUT2D eigenvalue weighted by atomic mass is 10.1. The lowest BCUT2D eigenvalue weighted by molar-refractivity contribution is 0.101. The van der Waals surface area contributed by atoms with E-state index in [1.54, 1.807) is 0 Å². The SMILES string of the molecule is CC(=O)c1ccc2[nH]c(=O)n(C(=O)O)c2c1. The summed E-state index contributed by atoms with van der Waals surface area (Å²) in [5.74, 6) is -0.188. The molecule has 0 aliphatic carbocycles. The first kappa shape index (κ1) is 10.2. The molecule has 0 fully saturated rings. The van der Waals surface area contributed by atoms with Gasteiger partial charge >= 0.3 is 11.8 Å². The molecule has 0 unspecified atom stereocenters. The van der Waals surface area contributed by atoms with Gasteiger partial charge < -0.3 is 10.1 Å². The third-order valence-electron chi connectivity index (χ3n) is 2.28. The van der Waals surface area contributed by atoms with Gasteiger partial charge in [0.05, 0.1) is 11.0 Å². The minimum atomic E-state index is -1.38. The van der Waals surface area contributed by atoms with Crippen LogP contribution < -0.4 is 5.69 Å². The number of aromatic amines is 1. The van der Waals surface area contributed by atoms with Gasteiger partial charge in [-0.05, 0) is 25.1 Å². The van der Waals surface area contributed by atoms with Crippen molar-refractivity contribution in [2.75, 3.05) is 0 Å². The Morgan fingerprint density at radius 1 is 1.38 bits per heavy atom. The van der Waals surface area contributed by atoms with Crippen LogP contribution >= 0.6 is 0 Å². The van der Waals surface area contributed by atoms with Gasteiger partial charge in [0.2, 0.25) is 0 Å². The van der Waals surface area contributed by atoms with Crippen molar-refractivity contribution in [2.24, 2.45) is 0 Å². The van der Waals surface area contributed by atoms with Crippen molar-refractivity contribution in [1.29, 1.82) is 0 Å². The molecule has 1 aromatic carbocycles. The molecule has 0 saturated heterocycles. The summed E-state index contributed by atoms with van der Waals surface area (Å²) in [6.07, 6.45) is -1.38. The third-order valence-corrected chi connectivity index (χ3v) is 2.28. The van der Waals surface area contributed by atoms with Gasteiger partial charge in [-0.15, -0.1) is 0 Å². The van der Waals surface area contributed by atoms with Crippen LogP contribution in [-0.4, -0.2) is 26.5 Å². The van der Waals surface area contributed by atoms with Gasteiger partial charge in [-0.1, -0.05) is 0 Å². The highest BCUT2D eigenvalue weighted by Gasteiger charge is 2.13. The van der Waals surface area contributed by atoms with Crippen LogP contribution in [0.4, 0.5) is 4.79 Å². The number of fused-ring (bicyclic) bond motifs is 1. The Balaban J connectivity index is 2.85. The van der Waals surface area contributed by atoms with Crippen molar-refractivity contribution >= 4 is 22.9 Å². The largest absolute Gasteiger partial charge is 0.464 e. The third kappa shape index (κ3) is 1.40. The summed E-state index contributed by atoms with van der Waals surface area (Å²) in [7, 11) is 0. The van der Waals surface area contributed by atoms with E-state index in [-0.39, 0.29) is 11.3 Å². The lowest BCUT2D eigenvalue weighted by Crippen LogP contribution is -2.22.